The van der Waals surface area contributed by atoms with Crippen molar-refractivity contribution in [3.05, 3.63) is 69.6 Å². The van der Waals surface area contributed by atoms with Crippen molar-refractivity contribution in [2.75, 3.05) is 33.3 Å². The molecular formula is C21H26N4O4. The molecule has 0 aliphatic carbocycles. The number of nitrogens with one attached hydrogen (secondary N) is 3. The summed E-state index contributed by atoms with van der Waals surface area (Å²) in [6.45, 7) is 2.90. The predicted octanol–water partition coefficient (Wildman–Crippen LogP) is 0.755. The third-order valence-corrected chi connectivity index (χ3v) is 4.76. The van der Waals surface area contributed by atoms with E-state index in [2.05, 4.69) is 15.6 Å². The SMILES string of the molecule is CN(Cc1ccccc1)C(=O)c1cc(C(=O)NCCOC2CCNC2)c[nH]c1=O. The molecule has 3 N–H and O–H groups in total. The zero-order chi connectivity index (χ0) is 20.6. The van der Waals surface area contributed by atoms with Crippen molar-refractivity contribution in [3.8, 4) is 0 Å². The molecule has 8 nitrogen and oxygen atoms in total. The Balaban J connectivity index is 1.58. The standard InChI is InChI=1S/C21H26N4O4/c1-25(14-15-5-3-2-4-6-15)21(28)18-11-16(12-24-20(18)27)19(26)23-9-10-29-17-7-8-22-13-17/h2-6,11-12,17,22H,7-10,13-14H2,1H3,(H,23,26)(H,24,27). The lowest BCUT2D eigenvalue weighted by Gasteiger charge is -2.17. The molecule has 3 rings (SSSR count). The van der Waals surface area contributed by atoms with Crippen LogP contribution in [0.2, 0.25) is 0 Å². The van der Waals surface area contributed by atoms with Crippen LogP contribution < -0.4 is 16.2 Å². The van der Waals surface area contributed by atoms with Gasteiger partial charge in [-0.1, -0.05) is 30.3 Å². The van der Waals surface area contributed by atoms with Crippen molar-refractivity contribution in [1.29, 1.82) is 0 Å². The second-order valence-electron chi connectivity index (χ2n) is 7.02. The van der Waals surface area contributed by atoms with Gasteiger partial charge in [0.1, 0.15) is 5.56 Å². The highest BCUT2D eigenvalue weighted by Crippen LogP contribution is 2.07. The summed E-state index contributed by atoms with van der Waals surface area (Å²) in [5, 5.41) is 5.96. The van der Waals surface area contributed by atoms with Gasteiger partial charge in [0, 0.05) is 32.9 Å². The van der Waals surface area contributed by atoms with Crippen molar-refractivity contribution in [3.63, 3.8) is 0 Å². The number of ether oxygens (including phenoxy) is 1. The molecule has 2 amide bonds. The smallest absolute Gasteiger partial charge is 0.260 e. The van der Waals surface area contributed by atoms with E-state index in [-0.39, 0.29) is 23.1 Å². The van der Waals surface area contributed by atoms with Gasteiger partial charge in [-0.15, -0.1) is 0 Å². The van der Waals surface area contributed by atoms with E-state index in [1.54, 1.807) is 7.05 Å². The summed E-state index contributed by atoms with van der Waals surface area (Å²) in [6, 6.07) is 10.8. The molecule has 1 aliphatic rings. The lowest BCUT2D eigenvalue weighted by molar-refractivity contribution is 0.0656. The fourth-order valence-corrected chi connectivity index (χ4v) is 3.17. The highest BCUT2D eigenvalue weighted by molar-refractivity contribution is 5.99. The molecule has 1 aromatic carbocycles. The average Bonchev–Trinajstić information content (AvgIpc) is 3.25. The van der Waals surface area contributed by atoms with Crippen molar-refractivity contribution in [1.82, 2.24) is 20.5 Å². The van der Waals surface area contributed by atoms with Crippen LogP contribution in [0.3, 0.4) is 0 Å². The molecule has 1 fully saturated rings. The molecule has 1 atom stereocenters. The third-order valence-electron chi connectivity index (χ3n) is 4.76. The highest BCUT2D eigenvalue weighted by atomic mass is 16.5. The molecular weight excluding hydrogens is 372 g/mol. The van der Waals surface area contributed by atoms with Crippen molar-refractivity contribution >= 4 is 11.8 Å². The molecule has 0 bridgehead atoms. The van der Waals surface area contributed by atoms with E-state index in [0.29, 0.717) is 19.7 Å². The molecule has 1 aliphatic heterocycles. The van der Waals surface area contributed by atoms with E-state index in [1.165, 1.54) is 17.2 Å². The van der Waals surface area contributed by atoms with Gasteiger partial charge in [0.2, 0.25) is 0 Å². The summed E-state index contributed by atoms with van der Waals surface area (Å²) < 4.78 is 5.66. The lowest BCUT2D eigenvalue weighted by Crippen LogP contribution is -2.33. The first-order valence-electron chi connectivity index (χ1n) is 9.67. The average molecular weight is 398 g/mol. The quantitative estimate of drug-likeness (QED) is 0.570. The summed E-state index contributed by atoms with van der Waals surface area (Å²) in [5.41, 5.74) is 0.586. The van der Waals surface area contributed by atoms with Gasteiger partial charge in [0.15, 0.2) is 0 Å². The zero-order valence-corrected chi connectivity index (χ0v) is 16.4. The lowest BCUT2D eigenvalue weighted by atomic mass is 10.1. The van der Waals surface area contributed by atoms with E-state index in [4.69, 9.17) is 4.74 Å². The Morgan fingerprint density at radius 1 is 1.28 bits per heavy atom. The minimum absolute atomic E-state index is 0.0654. The van der Waals surface area contributed by atoms with Gasteiger partial charge < -0.3 is 25.3 Å². The van der Waals surface area contributed by atoms with Gasteiger partial charge in [-0.2, -0.15) is 0 Å². The minimum Gasteiger partial charge on any atom is -0.375 e. The first-order chi connectivity index (χ1) is 14.0. The Labute approximate surface area is 169 Å². The summed E-state index contributed by atoms with van der Waals surface area (Å²) in [4.78, 5) is 41.1. The summed E-state index contributed by atoms with van der Waals surface area (Å²) in [5.74, 6) is -0.809. The maximum Gasteiger partial charge on any atom is 0.260 e. The van der Waals surface area contributed by atoms with Crippen LogP contribution in [0.4, 0.5) is 0 Å². The number of nitrogens with zero attached hydrogens (tertiary/aromatic N) is 1. The number of hydrogen-bond donors (Lipinski definition) is 3. The van der Waals surface area contributed by atoms with Crippen LogP contribution in [0.15, 0.2) is 47.4 Å². The van der Waals surface area contributed by atoms with Crippen LogP contribution in [0.25, 0.3) is 0 Å². The van der Waals surface area contributed by atoms with Crippen molar-refractivity contribution < 1.29 is 14.3 Å². The van der Waals surface area contributed by atoms with Crippen LogP contribution in [0, 0.1) is 0 Å². The Bertz CT molecular complexity index is 891. The molecule has 2 aromatic rings. The fraction of sp³-hybridized carbons (Fsp3) is 0.381. The van der Waals surface area contributed by atoms with E-state index < -0.39 is 11.5 Å². The van der Waals surface area contributed by atoms with E-state index >= 15 is 0 Å². The number of amides is 2. The fourth-order valence-electron chi connectivity index (χ4n) is 3.17. The third kappa shape index (κ3) is 5.75. The monoisotopic (exact) mass is 398 g/mol. The van der Waals surface area contributed by atoms with E-state index in [0.717, 1.165) is 25.1 Å². The van der Waals surface area contributed by atoms with Gasteiger partial charge in [-0.25, -0.2) is 0 Å². The number of rotatable bonds is 8. The number of carbonyl (C=O) groups excluding carboxylic acids is 2. The van der Waals surface area contributed by atoms with Crippen molar-refractivity contribution in [2.45, 2.75) is 19.1 Å². The highest BCUT2D eigenvalue weighted by Gasteiger charge is 2.19. The molecule has 1 saturated heterocycles. The van der Waals surface area contributed by atoms with Gasteiger partial charge in [-0.05, 0) is 24.6 Å². The molecule has 1 unspecified atom stereocenters. The number of aromatic nitrogens is 1. The van der Waals surface area contributed by atoms with Crippen LogP contribution in [0.1, 0.15) is 32.7 Å². The molecule has 8 heteroatoms. The van der Waals surface area contributed by atoms with Gasteiger partial charge >= 0.3 is 0 Å². The van der Waals surface area contributed by atoms with Crippen molar-refractivity contribution in [2.24, 2.45) is 0 Å². The number of H-pyrrole nitrogens is 1. The summed E-state index contributed by atoms with van der Waals surface area (Å²) in [6.07, 6.45) is 2.47. The normalized spacial score (nSPS) is 15.8. The molecule has 0 spiro atoms. The number of aromatic amines is 1. The van der Waals surface area contributed by atoms with Gasteiger partial charge in [-0.3, -0.25) is 14.4 Å². The van der Waals surface area contributed by atoms with Gasteiger partial charge in [0.05, 0.1) is 18.3 Å². The Hall–Kier alpha value is -2.97. The Kier molecular flexibility index (Phi) is 7.15. The minimum atomic E-state index is -0.525. The first kappa shape index (κ1) is 20.8. The number of pyridine rings is 1. The molecule has 0 saturated carbocycles. The topological polar surface area (TPSA) is 104 Å². The second-order valence-corrected chi connectivity index (χ2v) is 7.02. The van der Waals surface area contributed by atoms with Crippen LogP contribution in [-0.2, 0) is 11.3 Å². The van der Waals surface area contributed by atoms with Crippen LogP contribution in [0.5, 0.6) is 0 Å². The summed E-state index contributed by atoms with van der Waals surface area (Å²) >= 11 is 0. The zero-order valence-electron chi connectivity index (χ0n) is 16.4. The molecule has 0 radical (unpaired) electrons. The first-order valence-corrected chi connectivity index (χ1v) is 9.67. The van der Waals surface area contributed by atoms with Crippen LogP contribution >= 0.6 is 0 Å². The van der Waals surface area contributed by atoms with E-state index in [9.17, 15) is 14.4 Å². The Morgan fingerprint density at radius 2 is 2.07 bits per heavy atom. The predicted molar refractivity (Wildman–Crippen MR) is 109 cm³/mol. The maximum absolute atomic E-state index is 12.7. The van der Waals surface area contributed by atoms with Gasteiger partial charge in [0.25, 0.3) is 17.4 Å². The maximum atomic E-state index is 12.7. The summed E-state index contributed by atoms with van der Waals surface area (Å²) in [7, 11) is 1.62. The van der Waals surface area contributed by atoms with E-state index in [1.807, 2.05) is 30.3 Å². The molecule has 2 heterocycles. The van der Waals surface area contributed by atoms with Crippen LogP contribution in [-0.4, -0.2) is 61.1 Å². The number of carbonyl (C=O) groups is 2. The molecule has 29 heavy (non-hydrogen) atoms. The second kappa shape index (κ2) is 9.99. The largest absolute Gasteiger partial charge is 0.375 e. The number of benzene rings is 1. The molecule has 1 aromatic heterocycles. The number of hydrogen-bond acceptors (Lipinski definition) is 5. The molecule has 154 valence electrons. The Morgan fingerprint density at radius 3 is 2.79 bits per heavy atom.